The first kappa shape index (κ1) is 13.8. The molecule has 0 radical (unpaired) electrons. The van der Waals surface area contributed by atoms with E-state index in [1.165, 1.54) is 0 Å². The molecule has 0 aliphatic carbocycles. The van der Waals surface area contributed by atoms with E-state index in [0.29, 0.717) is 6.04 Å². The number of hydrogen-bond donors (Lipinski definition) is 2. The lowest BCUT2D eigenvalue weighted by atomic mass is 10.1. The molecule has 0 amide bonds. The first-order valence-corrected chi connectivity index (χ1v) is 6.68. The fraction of sp³-hybridized carbons (Fsp3) is 0.571. The van der Waals surface area contributed by atoms with Crippen LogP contribution < -0.4 is 10.6 Å². The predicted molar refractivity (Wildman–Crippen MR) is 79.0 cm³/mol. The van der Waals surface area contributed by atoms with E-state index >= 15 is 0 Å². The molecule has 0 saturated carbocycles. The van der Waals surface area contributed by atoms with E-state index in [1.54, 1.807) is 0 Å². The lowest BCUT2D eigenvalue weighted by Gasteiger charge is -2.39. The monoisotopic (exact) mass is 261 g/mol. The average Bonchev–Trinajstić information content (AvgIpc) is 2.31. The Hall–Kier alpha value is -1.62. The van der Waals surface area contributed by atoms with E-state index in [1.807, 2.05) is 19.9 Å². The standard InChI is InChI=1S/C14H23N5/c1-9-7-10(2)17-14(12(9)13(15)16)19-6-5-18(4)11(3)8-19/h7,11H,5-6,8H2,1-4H3,(H3,15,16). The molecule has 1 fully saturated rings. The first-order valence-electron chi connectivity index (χ1n) is 6.68. The third kappa shape index (κ3) is 2.71. The molecular formula is C14H23N5. The van der Waals surface area contributed by atoms with Gasteiger partial charge in [-0.25, -0.2) is 4.98 Å². The van der Waals surface area contributed by atoms with Crippen LogP contribution in [-0.2, 0) is 0 Å². The number of amidine groups is 1. The quantitative estimate of drug-likeness (QED) is 0.618. The highest BCUT2D eigenvalue weighted by Crippen LogP contribution is 2.24. The van der Waals surface area contributed by atoms with Crippen molar-refractivity contribution in [2.24, 2.45) is 5.73 Å². The van der Waals surface area contributed by atoms with Gasteiger partial charge < -0.3 is 15.5 Å². The topological polar surface area (TPSA) is 69.2 Å². The summed E-state index contributed by atoms with van der Waals surface area (Å²) in [7, 11) is 2.14. The Labute approximate surface area is 114 Å². The van der Waals surface area contributed by atoms with Gasteiger partial charge in [-0.2, -0.15) is 0 Å². The minimum atomic E-state index is 0.103. The van der Waals surface area contributed by atoms with Crippen LogP contribution in [0.3, 0.4) is 0 Å². The number of aromatic nitrogens is 1. The average molecular weight is 261 g/mol. The zero-order valence-electron chi connectivity index (χ0n) is 12.2. The Morgan fingerprint density at radius 3 is 2.68 bits per heavy atom. The molecule has 0 aromatic carbocycles. The molecule has 1 aromatic heterocycles. The van der Waals surface area contributed by atoms with Crippen molar-refractivity contribution in [3.05, 3.63) is 22.9 Å². The van der Waals surface area contributed by atoms with Gasteiger partial charge in [0.1, 0.15) is 11.7 Å². The molecule has 2 rings (SSSR count). The Bertz CT molecular complexity index is 497. The summed E-state index contributed by atoms with van der Waals surface area (Å²) >= 11 is 0. The van der Waals surface area contributed by atoms with E-state index in [2.05, 4.69) is 28.8 Å². The highest BCUT2D eigenvalue weighted by Gasteiger charge is 2.25. The van der Waals surface area contributed by atoms with Crippen LogP contribution in [0.5, 0.6) is 0 Å². The van der Waals surface area contributed by atoms with Crippen molar-refractivity contribution in [3.8, 4) is 0 Å². The van der Waals surface area contributed by atoms with Crippen LogP contribution in [0.15, 0.2) is 6.07 Å². The number of nitrogens with one attached hydrogen (secondary N) is 1. The van der Waals surface area contributed by atoms with Crippen LogP contribution >= 0.6 is 0 Å². The fourth-order valence-corrected chi connectivity index (χ4v) is 2.62. The van der Waals surface area contributed by atoms with E-state index in [9.17, 15) is 0 Å². The zero-order valence-corrected chi connectivity index (χ0v) is 12.2. The van der Waals surface area contributed by atoms with Gasteiger partial charge in [0, 0.05) is 31.4 Å². The van der Waals surface area contributed by atoms with Crippen LogP contribution in [0.1, 0.15) is 23.7 Å². The summed E-state index contributed by atoms with van der Waals surface area (Å²) in [5.41, 5.74) is 8.53. The van der Waals surface area contributed by atoms with Gasteiger partial charge >= 0.3 is 0 Å². The van der Waals surface area contributed by atoms with Gasteiger partial charge in [0.2, 0.25) is 0 Å². The maximum atomic E-state index is 7.80. The highest BCUT2D eigenvalue weighted by molar-refractivity contribution is 6.01. The third-order valence-electron chi connectivity index (χ3n) is 3.85. The molecule has 5 heteroatoms. The molecular weight excluding hydrogens is 238 g/mol. The number of pyridine rings is 1. The molecule has 3 N–H and O–H groups in total. The summed E-state index contributed by atoms with van der Waals surface area (Å²) in [6.45, 7) is 9.05. The van der Waals surface area contributed by atoms with Crippen molar-refractivity contribution >= 4 is 11.7 Å². The summed E-state index contributed by atoms with van der Waals surface area (Å²) in [6, 6.07) is 2.47. The number of aryl methyl sites for hydroxylation is 2. The van der Waals surface area contributed by atoms with Gasteiger partial charge in [-0.05, 0) is 39.4 Å². The second kappa shape index (κ2) is 5.17. The Morgan fingerprint density at radius 2 is 2.11 bits per heavy atom. The van der Waals surface area contributed by atoms with E-state index in [-0.39, 0.29) is 5.84 Å². The normalized spacial score (nSPS) is 20.6. The van der Waals surface area contributed by atoms with Gasteiger partial charge in [0.25, 0.3) is 0 Å². The number of hydrogen-bond acceptors (Lipinski definition) is 4. The van der Waals surface area contributed by atoms with Gasteiger partial charge in [-0.1, -0.05) is 0 Å². The SMILES string of the molecule is Cc1cc(C)c(C(=N)N)c(N2CCN(C)C(C)C2)n1. The lowest BCUT2D eigenvalue weighted by Crippen LogP contribution is -2.50. The van der Waals surface area contributed by atoms with Crippen molar-refractivity contribution in [2.75, 3.05) is 31.6 Å². The second-order valence-corrected chi connectivity index (χ2v) is 5.47. The molecule has 1 aromatic rings. The number of nitrogens with two attached hydrogens (primary N) is 1. The molecule has 0 bridgehead atoms. The molecule has 1 saturated heterocycles. The molecule has 0 spiro atoms. The largest absolute Gasteiger partial charge is 0.384 e. The lowest BCUT2D eigenvalue weighted by molar-refractivity contribution is 0.233. The minimum Gasteiger partial charge on any atom is -0.384 e. The summed E-state index contributed by atoms with van der Waals surface area (Å²) in [6.07, 6.45) is 0. The number of rotatable bonds is 2. The molecule has 1 aliphatic rings. The van der Waals surface area contributed by atoms with Crippen molar-refractivity contribution < 1.29 is 0 Å². The van der Waals surface area contributed by atoms with Gasteiger partial charge in [-0.3, -0.25) is 5.41 Å². The minimum absolute atomic E-state index is 0.103. The van der Waals surface area contributed by atoms with Crippen molar-refractivity contribution in [1.82, 2.24) is 9.88 Å². The van der Waals surface area contributed by atoms with Crippen LogP contribution in [0.2, 0.25) is 0 Å². The predicted octanol–water partition coefficient (Wildman–Crippen LogP) is 1.12. The van der Waals surface area contributed by atoms with Crippen molar-refractivity contribution in [3.63, 3.8) is 0 Å². The van der Waals surface area contributed by atoms with Crippen molar-refractivity contribution in [1.29, 1.82) is 5.41 Å². The van der Waals surface area contributed by atoms with Crippen LogP contribution in [0.4, 0.5) is 5.82 Å². The van der Waals surface area contributed by atoms with Crippen molar-refractivity contribution in [2.45, 2.75) is 26.8 Å². The molecule has 2 heterocycles. The number of piperazine rings is 1. The maximum absolute atomic E-state index is 7.80. The molecule has 1 unspecified atom stereocenters. The van der Waals surface area contributed by atoms with Gasteiger partial charge in [0.05, 0.1) is 5.56 Å². The van der Waals surface area contributed by atoms with Crippen LogP contribution in [-0.4, -0.2) is 48.4 Å². The molecule has 104 valence electrons. The van der Waals surface area contributed by atoms with Gasteiger partial charge in [-0.15, -0.1) is 0 Å². The fourth-order valence-electron chi connectivity index (χ4n) is 2.62. The second-order valence-electron chi connectivity index (χ2n) is 5.47. The summed E-state index contributed by atoms with van der Waals surface area (Å²) in [5, 5.41) is 7.80. The molecule has 1 aliphatic heterocycles. The Balaban J connectivity index is 2.41. The van der Waals surface area contributed by atoms with E-state index < -0.39 is 0 Å². The Morgan fingerprint density at radius 1 is 1.42 bits per heavy atom. The first-order chi connectivity index (χ1) is 8.90. The van der Waals surface area contributed by atoms with E-state index in [4.69, 9.17) is 11.1 Å². The summed E-state index contributed by atoms with van der Waals surface area (Å²) in [5.74, 6) is 0.969. The molecule has 1 atom stereocenters. The number of likely N-dealkylation sites (N-methyl/N-ethyl adjacent to an activating group) is 1. The number of nitrogen functional groups attached to an aromatic ring is 1. The summed E-state index contributed by atoms with van der Waals surface area (Å²) < 4.78 is 0. The number of nitrogens with zero attached hydrogens (tertiary/aromatic N) is 3. The highest BCUT2D eigenvalue weighted by atomic mass is 15.3. The summed E-state index contributed by atoms with van der Waals surface area (Å²) in [4.78, 5) is 9.22. The maximum Gasteiger partial charge on any atom is 0.140 e. The van der Waals surface area contributed by atoms with E-state index in [0.717, 1.165) is 42.3 Å². The van der Waals surface area contributed by atoms with Gasteiger partial charge in [0.15, 0.2) is 0 Å². The number of anilines is 1. The van der Waals surface area contributed by atoms with Crippen LogP contribution in [0, 0.1) is 19.3 Å². The zero-order chi connectivity index (χ0) is 14.2. The third-order valence-corrected chi connectivity index (χ3v) is 3.85. The smallest absolute Gasteiger partial charge is 0.140 e. The molecule has 19 heavy (non-hydrogen) atoms. The van der Waals surface area contributed by atoms with Crippen LogP contribution in [0.25, 0.3) is 0 Å². The molecule has 5 nitrogen and oxygen atoms in total. The Kier molecular flexibility index (Phi) is 3.75.